The van der Waals surface area contributed by atoms with E-state index in [9.17, 15) is 9.90 Å². The van der Waals surface area contributed by atoms with E-state index in [4.69, 9.17) is 0 Å². The van der Waals surface area contributed by atoms with Crippen LogP contribution in [0, 0.1) is 5.92 Å². The Hall–Kier alpha value is -1.51. The van der Waals surface area contributed by atoms with Gasteiger partial charge in [0, 0.05) is 11.7 Å². The highest BCUT2D eigenvalue weighted by atomic mass is 16.4. The number of benzene rings is 1. The maximum atomic E-state index is 11.4. The van der Waals surface area contributed by atoms with Crippen LogP contribution in [0.25, 0.3) is 0 Å². The van der Waals surface area contributed by atoms with Crippen LogP contribution in [-0.4, -0.2) is 23.2 Å². The molecular formula is C14H19NO2. The van der Waals surface area contributed by atoms with E-state index in [1.165, 1.54) is 5.56 Å². The number of rotatable bonds is 3. The first kappa shape index (κ1) is 12.0. The van der Waals surface area contributed by atoms with Gasteiger partial charge >= 0.3 is 5.97 Å². The van der Waals surface area contributed by atoms with Crippen molar-refractivity contribution < 1.29 is 9.90 Å². The first-order valence-corrected chi connectivity index (χ1v) is 6.11. The lowest BCUT2D eigenvalue weighted by molar-refractivity contribution is -0.139. The quantitative estimate of drug-likeness (QED) is 0.872. The zero-order valence-corrected chi connectivity index (χ0v) is 10.6. The number of carboxylic acids is 1. The number of aliphatic carboxylic acids is 1. The Morgan fingerprint density at radius 1 is 1.41 bits per heavy atom. The molecule has 92 valence electrons. The van der Waals surface area contributed by atoms with Crippen LogP contribution in [0.5, 0.6) is 0 Å². The molecule has 1 aliphatic heterocycles. The van der Waals surface area contributed by atoms with Crippen LogP contribution in [0.3, 0.4) is 0 Å². The fourth-order valence-electron chi connectivity index (χ4n) is 2.74. The maximum absolute atomic E-state index is 11.4. The van der Waals surface area contributed by atoms with E-state index in [-0.39, 0.29) is 12.0 Å². The second kappa shape index (κ2) is 4.40. The van der Waals surface area contributed by atoms with Crippen molar-refractivity contribution in [2.75, 3.05) is 4.90 Å². The van der Waals surface area contributed by atoms with Gasteiger partial charge in [-0.05, 0) is 30.9 Å². The first-order valence-electron chi connectivity index (χ1n) is 6.11. The van der Waals surface area contributed by atoms with Crippen LogP contribution in [0.4, 0.5) is 5.69 Å². The average Bonchev–Trinajstić information content (AvgIpc) is 2.55. The van der Waals surface area contributed by atoms with Crippen molar-refractivity contribution in [2.24, 2.45) is 5.92 Å². The van der Waals surface area contributed by atoms with Gasteiger partial charge in [-0.15, -0.1) is 0 Å². The van der Waals surface area contributed by atoms with Gasteiger partial charge in [-0.3, -0.25) is 0 Å². The summed E-state index contributed by atoms with van der Waals surface area (Å²) in [6, 6.07) is 7.93. The SMILES string of the molecule is CC(C)C(C(=O)O)N1c2ccccc2CC1C. The highest BCUT2D eigenvalue weighted by Gasteiger charge is 2.36. The molecule has 2 atom stereocenters. The Bertz CT molecular complexity index is 428. The largest absolute Gasteiger partial charge is 0.480 e. The highest BCUT2D eigenvalue weighted by Crippen LogP contribution is 2.35. The van der Waals surface area contributed by atoms with Crippen LogP contribution in [0.1, 0.15) is 26.3 Å². The minimum absolute atomic E-state index is 0.0982. The number of carbonyl (C=O) groups is 1. The van der Waals surface area contributed by atoms with Crippen LogP contribution in [0.2, 0.25) is 0 Å². The van der Waals surface area contributed by atoms with E-state index >= 15 is 0 Å². The van der Waals surface area contributed by atoms with Crippen molar-refractivity contribution in [1.29, 1.82) is 0 Å². The Labute approximate surface area is 102 Å². The molecule has 2 rings (SSSR count). The molecule has 1 aliphatic rings. The van der Waals surface area contributed by atoms with Gasteiger partial charge in [0.25, 0.3) is 0 Å². The second-order valence-corrected chi connectivity index (χ2v) is 5.12. The Morgan fingerprint density at radius 3 is 2.65 bits per heavy atom. The molecule has 0 aliphatic carbocycles. The fourth-order valence-corrected chi connectivity index (χ4v) is 2.74. The van der Waals surface area contributed by atoms with Crippen molar-refractivity contribution in [3.05, 3.63) is 29.8 Å². The molecule has 1 aromatic rings. The predicted octanol–water partition coefficient (Wildman–Crippen LogP) is 2.55. The molecule has 1 aromatic carbocycles. The van der Waals surface area contributed by atoms with E-state index < -0.39 is 12.0 Å². The molecule has 1 N–H and O–H groups in total. The van der Waals surface area contributed by atoms with Crippen LogP contribution < -0.4 is 4.90 Å². The number of carboxylic acid groups (broad SMARTS) is 1. The van der Waals surface area contributed by atoms with Crippen molar-refractivity contribution in [2.45, 2.75) is 39.3 Å². The Morgan fingerprint density at radius 2 is 2.06 bits per heavy atom. The van der Waals surface area contributed by atoms with E-state index in [2.05, 4.69) is 17.9 Å². The third-order valence-corrected chi connectivity index (χ3v) is 3.44. The molecule has 0 radical (unpaired) electrons. The smallest absolute Gasteiger partial charge is 0.326 e. The van der Waals surface area contributed by atoms with Gasteiger partial charge in [-0.1, -0.05) is 32.0 Å². The number of fused-ring (bicyclic) bond motifs is 1. The summed E-state index contributed by atoms with van der Waals surface area (Å²) in [5, 5.41) is 9.41. The van der Waals surface area contributed by atoms with E-state index in [0.29, 0.717) is 0 Å². The van der Waals surface area contributed by atoms with Gasteiger partial charge in [0.2, 0.25) is 0 Å². The lowest BCUT2D eigenvalue weighted by Crippen LogP contribution is -2.47. The normalized spacial score (nSPS) is 20.5. The summed E-state index contributed by atoms with van der Waals surface area (Å²) in [4.78, 5) is 13.5. The Kier molecular flexibility index (Phi) is 3.09. The zero-order valence-electron chi connectivity index (χ0n) is 10.6. The Balaban J connectivity index is 2.41. The summed E-state index contributed by atoms with van der Waals surface area (Å²) >= 11 is 0. The van der Waals surface area contributed by atoms with E-state index in [0.717, 1.165) is 12.1 Å². The third-order valence-electron chi connectivity index (χ3n) is 3.44. The summed E-state index contributed by atoms with van der Waals surface area (Å²) in [5.41, 5.74) is 2.34. The van der Waals surface area contributed by atoms with E-state index in [1.54, 1.807) is 0 Å². The second-order valence-electron chi connectivity index (χ2n) is 5.12. The number of para-hydroxylation sites is 1. The van der Waals surface area contributed by atoms with Gasteiger partial charge in [-0.25, -0.2) is 4.79 Å². The number of nitrogens with zero attached hydrogens (tertiary/aromatic N) is 1. The standard InChI is InChI=1S/C14H19NO2/c1-9(2)13(14(16)17)15-10(3)8-11-6-4-5-7-12(11)15/h4-7,9-10,13H,8H2,1-3H3,(H,16,17). The molecule has 3 heteroatoms. The molecule has 0 aromatic heterocycles. The summed E-state index contributed by atoms with van der Waals surface area (Å²) < 4.78 is 0. The van der Waals surface area contributed by atoms with Crippen LogP contribution in [-0.2, 0) is 11.2 Å². The molecule has 2 unspecified atom stereocenters. The fraction of sp³-hybridized carbons (Fsp3) is 0.500. The molecule has 0 fully saturated rings. The van der Waals surface area contributed by atoms with Gasteiger partial charge in [0.15, 0.2) is 0 Å². The van der Waals surface area contributed by atoms with Crippen LogP contribution in [0.15, 0.2) is 24.3 Å². The molecule has 17 heavy (non-hydrogen) atoms. The zero-order chi connectivity index (χ0) is 12.6. The van der Waals surface area contributed by atoms with E-state index in [1.807, 2.05) is 32.0 Å². The molecular weight excluding hydrogens is 214 g/mol. The first-order chi connectivity index (χ1) is 8.02. The van der Waals surface area contributed by atoms with Crippen LogP contribution >= 0.6 is 0 Å². The van der Waals surface area contributed by atoms with Gasteiger partial charge < -0.3 is 10.0 Å². The summed E-state index contributed by atoms with van der Waals surface area (Å²) in [6.45, 7) is 6.02. The molecule has 3 nitrogen and oxygen atoms in total. The van der Waals surface area contributed by atoms with Crippen molar-refractivity contribution in [1.82, 2.24) is 0 Å². The van der Waals surface area contributed by atoms with Gasteiger partial charge in [0.05, 0.1) is 0 Å². The molecule has 0 amide bonds. The summed E-state index contributed by atoms with van der Waals surface area (Å²) in [6.07, 6.45) is 0.937. The van der Waals surface area contributed by atoms with Gasteiger partial charge in [0.1, 0.15) is 6.04 Å². The lowest BCUT2D eigenvalue weighted by Gasteiger charge is -2.33. The van der Waals surface area contributed by atoms with Crippen molar-refractivity contribution >= 4 is 11.7 Å². The highest BCUT2D eigenvalue weighted by molar-refractivity contribution is 5.80. The lowest BCUT2D eigenvalue weighted by atomic mass is 10.0. The van der Waals surface area contributed by atoms with Crippen molar-refractivity contribution in [3.63, 3.8) is 0 Å². The topological polar surface area (TPSA) is 40.5 Å². The molecule has 0 saturated heterocycles. The molecule has 0 saturated carbocycles. The van der Waals surface area contributed by atoms with Gasteiger partial charge in [-0.2, -0.15) is 0 Å². The average molecular weight is 233 g/mol. The molecule has 0 bridgehead atoms. The monoisotopic (exact) mass is 233 g/mol. The predicted molar refractivity (Wildman–Crippen MR) is 68.3 cm³/mol. The molecule has 1 heterocycles. The van der Waals surface area contributed by atoms with Crippen molar-refractivity contribution in [3.8, 4) is 0 Å². The number of hydrogen-bond donors (Lipinski definition) is 1. The summed E-state index contributed by atoms with van der Waals surface area (Å²) in [5.74, 6) is -0.635. The number of anilines is 1. The number of hydrogen-bond acceptors (Lipinski definition) is 2. The minimum Gasteiger partial charge on any atom is -0.480 e. The molecule has 0 spiro atoms. The summed E-state index contributed by atoms with van der Waals surface area (Å²) in [7, 11) is 0. The maximum Gasteiger partial charge on any atom is 0.326 e. The minimum atomic E-state index is -0.733. The third kappa shape index (κ3) is 2.02.